The Kier molecular flexibility index (Phi) is 5.86. The van der Waals surface area contributed by atoms with Crippen LogP contribution in [0.2, 0.25) is 10.0 Å². The van der Waals surface area contributed by atoms with E-state index in [1.54, 1.807) is 0 Å². The fourth-order valence-electron chi connectivity index (χ4n) is 1.06. The van der Waals surface area contributed by atoms with E-state index in [1.807, 2.05) is 6.92 Å². The summed E-state index contributed by atoms with van der Waals surface area (Å²) in [4.78, 5) is 10.7. The van der Waals surface area contributed by atoms with Gasteiger partial charge in [-0.2, -0.15) is 0 Å². The Balaban J connectivity index is 2.90. The van der Waals surface area contributed by atoms with Gasteiger partial charge in [0.2, 0.25) is 0 Å². The highest BCUT2D eigenvalue weighted by Gasteiger charge is 2.15. The predicted octanol–water partition coefficient (Wildman–Crippen LogP) is 4.87. The van der Waals surface area contributed by atoms with Crippen molar-refractivity contribution in [3.63, 3.8) is 0 Å². The smallest absolute Gasteiger partial charge is 0.258 e. The second-order valence-electron chi connectivity index (χ2n) is 3.57. The summed E-state index contributed by atoms with van der Waals surface area (Å²) in [5.74, 6) is 1.64. The molecule has 0 aromatic heterocycles. The molecule has 0 saturated heterocycles. The summed E-state index contributed by atoms with van der Waals surface area (Å²) in [6.07, 6.45) is 0. The minimum atomic E-state index is -0.520. The van der Waals surface area contributed by atoms with E-state index in [4.69, 9.17) is 34.8 Å². The Morgan fingerprint density at radius 2 is 1.94 bits per heavy atom. The van der Waals surface area contributed by atoms with Crippen LogP contribution in [0.15, 0.2) is 17.0 Å². The van der Waals surface area contributed by atoms with Crippen molar-refractivity contribution < 1.29 is 4.92 Å². The summed E-state index contributed by atoms with van der Waals surface area (Å²) >= 11 is 19.1. The molecule has 0 fully saturated rings. The molecule has 0 radical (unpaired) electrons. The van der Waals surface area contributed by atoms with Crippen molar-refractivity contribution in [2.75, 3.05) is 11.6 Å². The fraction of sp³-hybridized carbons (Fsp3) is 0.400. The molecule has 1 aromatic rings. The van der Waals surface area contributed by atoms with Crippen LogP contribution in [0, 0.1) is 16.0 Å². The van der Waals surface area contributed by atoms with Crippen LogP contribution in [0.5, 0.6) is 0 Å². The van der Waals surface area contributed by atoms with Gasteiger partial charge >= 0.3 is 0 Å². The van der Waals surface area contributed by atoms with Gasteiger partial charge in [0, 0.05) is 28.7 Å². The quantitative estimate of drug-likeness (QED) is 0.337. The van der Waals surface area contributed by atoms with Crippen molar-refractivity contribution in [3.05, 3.63) is 32.3 Å². The van der Waals surface area contributed by atoms with Gasteiger partial charge in [-0.15, -0.1) is 23.4 Å². The molecule has 0 amide bonds. The van der Waals surface area contributed by atoms with Gasteiger partial charge in [0.1, 0.15) is 0 Å². The Labute approximate surface area is 119 Å². The van der Waals surface area contributed by atoms with Crippen molar-refractivity contribution in [2.45, 2.75) is 11.8 Å². The number of nitro benzene ring substituents is 1. The van der Waals surface area contributed by atoms with Crippen LogP contribution in [0.3, 0.4) is 0 Å². The average molecular weight is 315 g/mol. The first-order valence-electron chi connectivity index (χ1n) is 4.78. The maximum Gasteiger partial charge on any atom is 0.272 e. The molecule has 3 nitrogen and oxygen atoms in total. The van der Waals surface area contributed by atoms with Crippen LogP contribution in [-0.4, -0.2) is 16.6 Å². The Bertz CT molecular complexity index is 405. The van der Waals surface area contributed by atoms with Gasteiger partial charge in [-0.3, -0.25) is 10.1 Å². The summed E-state index contributed by atoms with van der Waals surface area (Å²) in [6.45, 7) is 2.01. The van der Waals surface area contributed by atoms with Crippen molar-refractivity contribution in [3.8, 4) is 0 Å². The number of rotatable bonds is 5. The average Bonchev–Trinajstić information content (AvgIpc) is 2.27. The maximum absolute atomic E-state index is 10.6. The van der Waals surface area contributed by atoms with Gasteiger partial charge < -0.3 is 0 Å². The Hall–Kier alpha value is -0.160. The van der Waals surface area contributed by atoms with Gasteiger partial charge in [0.15, 0.2) is 0 Å². The number of thioether (sulfide) groups is 1. The molecule has 17 heavy (non-hydrogen) atoms. The van der Waals surface area contributed by atoms with Crippen LogP contribution in [0.25, 0.3) is 0 Å². The molecule has 0 aliphatic carbocycles. The molecule has 0 spiro atoms. The summed E-state index contributed by atoms with van der Waals surface area (Å²) in [7, 11) is 0. The molecule has 1 rings (SSSR count). The first-order valence-corrected chi connectivity index (χ1v) is 7.05. The number of benzene rings is 1. The summed E-state index contributed by atoms with van der Waals surface area (Å²) in [5, 5.41) is 11.2. The van der Waals surface area contributed by atoms with Crippen LogP contribution < -0.4 is 0 Å². The van der Waals surface area contributed by atoms with E-state index in [-0.39, 0.29) is 5.69 Å². The highest BCUT2D eigenvalue weighted by molar-refractivity contribution is 7.99. The molecule has 0 bridgehead atoms. The Morgan fingerprint density at radius 3 is 2.35 bits per heavy atom. The number of nitrogens with zero attached hydrogens (tertiary/aromatic N) is 1. The molecule has 0 N–H and O–H groups in total. The fourth-order valence-corrected chi connectivity index (χ4v) is 3.06. The van der Waals surface area contributed by atoms with Crippen LogP contribution in [0.1, 0.15) is 6.92 Å². The third-order valence-corrected chi connectivity index (χ3v) is 4.78. The van der Waals surface area contributed by atoms with Crippen LogP contribution in [-0.2, 0) is 0 Å². The molecule has 7 heteroatoms. The lowest BCUT2D eigenvalue weighted by molar-refractivity contribution is -0.384. The van der Waals surface area contributed by atoms with E-state index >= 15 is 0 Å². The molecule has 1 atom stereocenters. The zero-order valence-electron chi connectivity index (χ0n) is 8.95. The number of nitro groups is 1. The molecule has 1 aromatic carbocycles. The molecule has 0 heterocycles. The second-order valence-corrected chi connectivity index (χ2v) is 5.72. The van der Waals surface area contributed by atoms with E-state index in [0.29, 0.717) is 26.7 Å². The first-order chi connectivity index (χ1) is 7.95. The van der Waals surface area contributed by atoms with Crippen LogP contribution >= 0.6 is 46.6 Å². The van der Waals surface area contributed by atoms with Gasteiger partial charge in [-0.25, -0.2) is 0 Å². The van der Waals surface area contributed by atoms with E-state index in [1.165, 1.54) is 23.9 Å². The number of non-ortho nitro benzene ring substituents is 1. The first kappa shape index (κ1) is 14.9. The zero-order valence-corrected chi connectivity index (χ0v) is 12.0. The SMILES string of the molecule is CC(CCl)CSc1c(Cl)cc([N+](=O)[O-])cc1Cl. The van der Waals surface area contributed by atoms with Crippen LogP contribution in [0.4, 0.5) is 5.69 Å². The van der Waals surface area contributed by atoms with Crippen molar-refractivity contribution >= 4 is 52.3 Å². The number of alkyl halides is 1. The molecular weight excluding hydrogens is 305 g/mol. The molecule has 1 unspecified atom stereocenters. The Morgan fingerprint density at radius 1 is 1.41 bits per heavy atom. The van der Waals surface area contributed by atoms with Crippen molar-refractivity contribution in [1.82, 2.24) is 0 Å². The number of halogens is 3. The van der Waals surface area contributed by atoms with Gasteiger partial charge in [-0.05, 0) is 5.92 Å². The third-order valence-electron chi connectivity index (χ3n) is 1.97. The summed E-state index contributed by atoms with van der Waals surface area (Å²) < 4.78 is 0. The minimum absolute atomic E-state index is 0.102. The highest BCUT2D eigenvalue weighted by atomic mass is 35.5. The monoisotopic (exact) mass is 313 g/mol. The lowest BCUT2D eigenvalue weighted by Crippen LogP contribution is -1.99. The van der Waals surface area contributed by atoms with E-state index in [0.717, 1.165) is 5.75 Å². The second kappa shape index (κ2) is 6.69. The molecule has 0 saturated carbocycles. The molecule has 0 aliphatic heterocycles. The van der Waals surface area contributed by atoms with Crippen molar-refractivity contribution in [1.29, 1.82) is 0 Å². The number of hydrogen-bond acceptors (Lipinski definition) is 3. The molecular formula is C10H10Cl3NO2S. The highest BCUT2D eigenvalue weighted by Crippen LogP contribution is 2.38. The predicted molar refractivity (Wildman–Crippen MR) is 73.7 cm³/mol. The topological polar surface area (TPSA) is 43.1 Å². The van der Waals surface area contributed by atoms with E-state index in [9.17, 15) is 10.1 Å². The lowest BCUT2D eigenvalue weighted by Gasteiger charge is -2.09. The third kappa shape index (κ3) is 4.21. The zero-order chi connectivity index (χ0) is 13.0. The van der Waals surface area contributed by atoms with E-state index in [2.05, 4.69) is 0 Å². The summed E-state index contributed by atoms with van der Waals surface area (Å²) in [6, 6.07) is 2.61. The number of hydrogen-bond donors (Lipinski definition) is 0. The standard InChI is InChI=1S/C10H10Cl3NO2S/c1-6(4-11)5-17-10-8(12)2-7(14(15)16)3-9(10)13/h2-3,6H,4-5H2,1H3. The van der Waals surface area contributed by atoms with Gasteiger partial charge in [0.05, 0.1) is 15.0 Å². The summed E-state index contributed by atoms with van der Waals surface area (Å²) in [5.41, 5.74) is -0.102. The normalized spacial score (nSPS) is 12.5. The van der Waals surface area contributed by atoms with Crippen molar-refractivity contribution in [2.24, 2.45) is 5.92 Å². The minimum Gasteiger partial charge on any atom is -0.258 e. The molecule has 94 valence electrons. The van der Waals surface area contributed by atoms with Gasteiger partial charge in [0.25, 0.3) is 5.69 Å². The lowest BCUT2D eigenvalue weighted by atomic mass is 10.3. The van der Waals surface area contributed by atoms with E-state index < -0.39 is 4.92 Å². The van der Waals surface area contributed by atoms with Gasteiger partial charge in [-0.1, -0.05) is 30.1 Å². The largest absolute Gasteiger partial charge is 0.272 e. The maximum atomic E-state index is 10.6. The molecule has 0 aliphatic rings.